The van der Waals surface area contributed by atoms with Crippen LogP contribution in [0.2, 0.25) is 0 Å². The molecule has 5 heteroatoms. The molecule has 0 amide bonds. The largest absolute Gasteiger partial charge is 0.573 e. The quantitative estimate of drug-likeness (QED) is 0.856. The van der Waals surface area contributed by atoms with E-state index in [4.69, 9.17) is 0 Å². The summed E-state index contributed by atoms with van der Waals surface area (Å²) in [5.41, 5.74) is 2.40. The molecule has 0 bridgehead atoms. The molecule has 3 nitrogen and oxygen atoms in total. The van der Waals surface area contributed by atoms with Crippen LogP contribution in [-0.2, 0) is 10.0 Å². The van der Waals surface area contributed by atoms with Crippen LogP contribution in [0.4, 0.5) is 10.1 Å². The van der Waals surface area contributed by atoms with Gasteiger partial charge in [0.2, 0.25) is 0 Å². The molecule has 2 rings (SSSR count). The molecule has 0 fully saturated rings. The average molecular weight is 278 g/mol. The SMILES string of the molecule is Cc1ccc([N-]S(=O)(=O)c2ccc(F)cc2)cc1C. The molecule has 0 radical (unpaired) electrons. The molecule has 100 valence electrons. The minimum Gasteiger partial charge on any atom is -0.573 e. The summed E-state index contributed by atoms with van der Waals surface area (Å²) in [6.45, 7) is 3.83. The summed E-state index contributed by atoms with van der Waals surface area (Å²) >= 11 is 0. The molecule has 0 saturated heterocycles. The highest BCUT2D eigenvalue weighted by Crippen LogP contribution is 2.29. The van der Waals surface area contributed by atoms with Crippen molar-refractivity contribution in [1.29, 1.82) is 0 Å². The molecule has 2 aromatic rings. The van der Waals surface area contributed by atoms with E-state index in [2.05, 4.69) is 4.72 Å². The van der Waals surface area contributed by atoms with Crippen LogP contribution in [-0.4, -0.2) is 8.42 Å². The predicted molar refractivity (Wildman–Crippen MR) is 72.5 cm³/mol. The van der Waals surface area contributed by atoms with Gasteiger partial charge in [-0.15, -0.1) is 5.69 Å². The van der Waals surface area contributed by atoms with E-state index in [-0.39, 0.29) is 4.90 Å². The molecule has 0 aliphatic heterocycles. The first-order valence-electron chi connectivity index (χ1n) is 5.69. The molecule has 0 unspecified atom stereocenters. The number of hydrogen-bond donors (Lipinski definition) is 0. The monoisotopic (exact) mass is 278 g/mol. The van der Waals surface area contributed by atoms with Crippen molar-refractivity contribution in [2.24, 2.45) is 0 Å². The van der Waals surface area contributed by atoms with Crippen molar-refractivity contribution >= 4 is 15.7 Å². The van der Waals surface area contributed by atoms with Gasteiger partial charge in [0.1, 0.15) is 15.8 Å². The highest BCUT2D eigenvalue weighted by molar-refractivity contribution is 7.94. The van der Waals surface area contributed by atoms with E-state index in [1.165, 1.54) is 12.1 Å². The maximum atomic E-state index is 12.8. The molecule has 0 saturated carbocycles. The van der Waals surface area contributed by atoms with Crippen LogP contribution in [0, 0.1) is 19.7 Å². The number of aryl methyl sites for hydroxylation is 2. The van der Waals surface area contributed by atoms with Crippen LogP contribution in [0.1, 0.15) is 11.1 Å². The van der Waals surface area contributed by atoms with Crippen molar-refractivity contribution in [3.05, 3.63) is 64.1 Å². The van der Waals surface area contributed by atoms with Crippen LogP contribution < -0.4 is 0 Å². The zero-order valence-electron chi connectivity index (χ0n) is 10.6. The first-order valence-corrected chi connectivity index (χ1v) is 7.13. The Balaban J connectivity index is 2.30. The molecule has 2 aromatic carbocycles. The van der Waals surface area contributed by atoms with Gasteiger partial charge in [0.05, 0.1) is 4.90 Å². The molecule has 0 N–H and O–H groups in total. The van der Waals surface area contributed by atoms with Gasteiger partial charge in [-0.2, -0.15) is 0 Å². The summed E-state index contributed by atoms with van der Waals surface area (Å²) in [7, 11) is -3.80. The van der Waals surface area contributed by atoms with E-state index >= 15 is 0 Å². The second-order valence-electron chi connectivity index (χ2n) is 4.29. The lowest BCUT2D eigenvalue weighted by Gasteiger charge is -2.22. The number of nitrogens with zero attached hydrogens (tertiary/aromatic N) is 1. The van der Waals surface area contributed by atoms with E-state index in [9.17, 15) is 12.8 Å². The number of hydrogen-bond acceptors (Lipinski definition) is 2. The third-order valence-electron chi connectivity index (χ3n) is 2.83. The maximum absolute atomic E-state index is 12.8. The molecule has 0 heterocycles. The minimum absolute atomic E-state index is 0.0212. The number of sulfonamides is 1. The van der Waals surface area contributed by atoms with Gasteiger partial charge in [-0.25, -0.2) is 12.8 Å². The van der Waals surface area contributed by atoms with Crippen LogP contribution in [0.15, 0.2) is 47.4 Å². The van der Waals surface area contributed by atoms with Gasteiger partial charge in [-0.3, -0.25) is 0 Å². The van der Waals surface area contributed by atoms with Crippen molar-refractivity contribution in [2.75, 3.05) is 0 Å². The fourth-order valence-corrected chi connectivity index (χ4v) is 2.56. The molecular formula is C14H13FNO2S-. The van der Waals surface area contributed by atoms with Gasteiger partial charge in [-0.1, -0.05) is 18.2 Å². The van der Waals surface area contributed by atoms with Crippen molar-refractivity contribution in [2.45, 2.75) is 18.7 Å². The lowest BCUT2D eigenvalue weighted by atomic mass is 10.1. The zero-order valence-corrected chi connectivity index (χ0v) is 11.4. The van der Waals surface area contributed by atoms with E-state index in [0.29, 0.717) is 5.69 Å². The topological polar surface area (TPSA) is 48.2 Å². The Bertz CT molecular complexity index is 694. The Kier molecular flexibility index (Phi) is 3.57. The Labute approximate surface area is 112 Å². The first kappa shape index (κ1) is 13.5. The van der Waals surface area contributed by atoms with Crippen LogP contribution in [0.25, 0.3) is 4.72 Å². The lowest BCUT2D eigenvalue weighted by molar-refractivity contribution is 0.601. The van der Waals surface area contributed by atoms with Gasteiger partial charge >= 0.3 is 0 Å². The summed E-state index contributed by atoms with van der Waals surface area (Å²) in [6.07, 6.45) is 0. The Morgan fingerprint density at radius 1 is 0.947 bits per heavy atom. The van der Waals surface area contributed by atoms with Gasteiger partial charge in [0.15, 0.2) is 0 Å². The minimum atomic E-state index is -3.80. The smallest absolute Gasteiger partial charge is 0.123 e. The van der Waals surface area contributed by atoms with Crippen molar-refractivity contribution in [1.82, 2.24) is 0 Å². The number of benzene rings is 2. The highest BCUT2D eigenvalue weighted by Gasteiger charge is 2.05. The molecule has 0 atom stereocenters. The fourth-order valence-electron chi connectivity index (χ4n) is 1.58. The maximum Gasteiger partial charge on any atom is 0.123 e. The molecule has 0 aliphatic carbocycles. The van der Waals surface area contributed by atoms with Crippen molar-refractivity contribution < 1.29 is 12.8 Å². The van der Waals surface area contributed by atoms with Gasteiger partial charge in [0.25, 0.3) is 0 Å². The Morgan fingerprint density at radius 3 is 2.16 bits per heavy atom. The predicted octanol–water partition coefficient (Wildman–Crippen LogP) is 3.84. The molecule has 19 heavy (non-hydrogen) atoms. The Morgan fingerprint density at radius 2 is 1.58 bits per heavy atom. The summed E-state index contributed by atoms with van der Waals surface area (Å²) < 4.78 is 40.6. The highest BCUT2D eigenvalue weighted by atomic mass is 32.2. The van der Waals surface area contributed by atoms with Crippen LogP contribution in [0.5, 0.6) is 0 Å². The first-order chi connectivity index (χ1) is 8.88. The second-order valence-corrected chi connectivity index (χ2v) is 5.89. The number of rotatable bonds is 3. The molecule has 0 spiro atoms. The molecule has 0 aromatic heterocycles. The second kappa shape index (κ2) is 5.01. The normalized spacial score (nSPS) is 11.3. The molecular weight excluding hydrogens is 265 g/mol. The summed E-state index contributed by atoms with van der Waals surface area (Å²) in [6, 6.07) is 9.77. The van der Waals surface area contributed by atoms with Crippen molar-refractivity contribution in [3.63, 3.8) is 0 Å². The fraction of sp³-hybridized carbons (Fsp3) is 0.143. The molecule has 0 aliphatic rings. The summed E-state index contributed by atoms with van der Waals surface area (Å²) in [5, 5.41) is 0. The van der Waals surface area contributed by atoms with E-state index in [1.807, 2.05) is 19.9 Å². The summed E-state index contributed by atoms with van der Waals surface area (Å²) in [4.78, 5) is -0.0212. The van der Waals surface area contributed by atoms with Gasteiger partial charge in [-0.05, 0) is 49.2 Å². The lowest BCUT2D eigenvalue weighted by Crippen LogP contribution is -1.98. The zero-order chi connectivity index (χ0) is 14.0. The third-order valence-corrected chi connectivity index (χ3v) is 4.15. The van der Waals surface area contributed by atoms with Crippen LogP contribution in [0.3, 0.4) is 0 Å². The number of halogens is 1. The van der Waals surface area contributed by atoms with E-state index in [1.54, 1.807) is 12.1 Å². The van der Waals surface area contributed by atoms with Gasteiger partial charge < -0.3 is 4.72 Å². The van der Waals surface area contributed by atoms with Crippen molar-refractivity contribution in [3.8, 4) is 0 Å². The average Bonchev–Trinajstić information content (AvgIpc) is 2.34. The van der Waals surface area contributed by atoms with E-state index < -0.39 is 15.8 Å². The Hall–Kier alpha value is -1.88. The van der Waals surface area contributed by atoms with E-state index in [0.717, 1.165) is 23.3 Å². The van der Waals surface area contributed by atoms with Gasteiger partial charge in [0, 0.05) is 0 Å². The summed E-state index contributed by atoms with van der Waals surface area (Å²) in [5.74, 6) is -0.481. The van der Waals surface area contributed by atoms with Crippen LogP contribution >= 0.6 is 0 Å². The third kappa shape index (κ3) is 3.12. The standard InChI is InChI=1S/C14H13FNO2S/c1-10-3-6-13(9-11(10)2)16-19(17,18)14-7-4-12(15)5-8-14/h3-9H,1-2H3/q-1.